The number of amides is 1. The molecule has 0 radical (unpaired) electrons. The average Bonchev–Trinajstić information content (AvgIpc) is 3.37. The molecule has 0 aromatic heterocycles. The summed E-state index contributed by atoms with van der Waals surface area (Å²) in [4.78, 5) is 25.2. The average molecular weight is 307 g/mol. The number of methoxy groups -OCH3 is 2. The van der Waals surface area contributed by atoms with Gasteiger partial charge in [0.2, 0.25) is 0 Å². The van der Waals surface area contributed by atoms with Gasteiger partial charge in [-0.15, -0.1) is 0 Å². The Morgan fingerprint density at radius 2 is 1.86 bits per heavy atom. The first-order valence-electron chi connectivity index (χ1n) is 7.27. The lowest BCUT2D eigenvalue weighted by molar-refractivity contribution is -0.142. The van der Waals surface area contributed by atoms with Crippen LogP contribution >= 0.6 is 0 Å². The number of carbonyl (C=O) groups excluding carboxylic acids is 2. The second kappa shape index (κ2) is 7.68. The Balaban J connectivity index is 1.89. The molecular formula is C16H21NO5. The van der Waals surface area contributed by atoms with E-state index < -0.39 is 0 Å². The summed E-state index contributed by atoms with van der Waals surface area (Å²) in [5, 5.41) is 0. The fourth-order valence-electron chi connectivity index (χ4n) is 2.17. The summed E-state index contributed by atoms with van der Waals surface area (Å²) < 4.78 is 15.3. The molecule has 1 aromatic carbocycles. The SMILES string of the molecule is COC(=O)CCN(C(=O)COc1ccccc1OC)C1CC1. The van der Waals surface area contributed by atoms with E-state index in [1.165, 1.54) is 7.11 Å². The van der Waals surface area contributed by atoms with Crippen LogP contribution in [0.1, 0.15) is 19.3 Å². The maximum Gasteiger partial charge on any atom is 0.307 e. The highest BCUT2D eigenvalue weighted by Crippen LogP contribution is 2.28. The van der Waals surface area contributed by atoms with Crippen molar-refractivity contribution < 1.29 is 23.8 Å². The van der Waals surface area contributed by atoms with Crippen molar-refractivity contribution in [3.63, 3.8) is 0 Å². The number of hydrogen-bond donors (Lipinski definition) is 0. The van der Waals surface area contributed by atoms with Gasteiger partial charge in [0.1, 0.15) is 0 Å². The predicted octanol–water partition coefficient (Wildman–Crippen LogP) is 1.63. The van der Waals surface area contributed by atoms with Crippen molar-refractivity contribution in [3.05, 3.63) is 24.3 Å². The molecule has 2 rings (SSSR count). The number of ether oxygens (including phenoxy) is 3. The number of esters is 1. The van der Waals surface area contributed by atoms with Crippen LogP contribution in [0.4, 0.5) is 0 Å². The van der Waals surface area contributed by atoms with Gasteiger partial charge in [-0.3, -0.25) is 9.59 Å². The third kappa shape index (κ3) is 4.38. The van der Waals surface area contributed by atoms with Crippen molar-refractivity contribution in [1.29, 1.82) is 0 Å². The summed E-state index contributed by atoms with van der Waals surface area (Å²) >= 11 is 0. The molecule has 1 amide bonds. The zero-order valence-electron chi connectivity index (χ0n) is 12.9. The van der Waals surface area contributed by atoms with Gasteiger partial charge < -0.3 is 19.1 Å². The number of nitrogens with zero attached hydrogens (tertiary/aromatic N) is 1. The monoisotopic (exact) mass is 307 g/mol. The van der Waals surface area contributed by atoms with Crippen LogP contribution in [0.5, 0.6) is 11.5 Å². The Hall–Kier alpha value is -2.24. The van der Waals surface area contributed by atoms with Gasteiger partial charge in [0, 0.05) is 12.6 Å². The molecule has 1 aliphatic carbocycles. The van der Waals surface area contributed by atoms with E-state index in [9.17, 15) is 9.59 Å². The second-order valence-electron chi connectivity index (χ2n) is 5.08. The standard InChI is InChI=1S/C16H21NO5/c1-20-13-5-3-4-6-14(13)22-11-15(18)17(12-7-8-12)10-9-16(19)21-2/h3-6,12H,7-11H2,1-2H3. The van der Waals surface area contributed by atoms with Crippen molar-refractivity contribution in [1.82, 2.24) is 4.90 Å². The van der Waals surface area contributed by atoms with Gasteiger partial charge in [-0.25, -0.2) is 0 Å². The van der Waals surface area contributed by atoms with Gasteiger partial charge in [0.05, 0.1) is 20.6 Å². The third-order valence-electron chi connectivity index (χ3n) is 3.51. The fourth-order valence-corrected chi connectivity index (χ4v) is 2.17. The van der Waals surface area contributed by atoms with Gasteiger partial charge >= 0.3 is 5.97 Å². The molecule has 1 saturated carbocycles. The van der Waals surface area contributed by atoms with Crippen LogP contribution < -0.4 is 9.47 Å². The molecule has 0 saturated heterocycles. The van der Waals surface area contributed by atoms with Crippen LogP contribution in [0.15, 0.2) is 24.3 Å². The highest BCUT2D eigenvalue weighted by atomic mass is 16.5. The Morgan fingerprint density at radius 3 is 2.45 bits per heavy atom. The van der Waals surface area contributed by atoms with Crippen molar-refractivity contribution in [3.8, 4) is 11.5 Å². The van der Waals surface area contributed by atoms with Crippen molar-refractivity contribution >= 4 is 11.9 Å². The number of para-hydroxylation sites is 2. The van der Waals surface area contributed by atoms with Crippen molar-refractivity contribution in [2.45, 2.75) is 25.3 Å². The molecule has 1 fully saturated rings. The molecular weight excluding hydrogens is 286 g/mol. The van der Waals surface area contributed by atoms with E-state index in [4.69, 9.17) is 9.47 Å². The molecule has 1 aromatic rings. The van der Waals surface area contributed by atoms with Gasteiger partial charge in [-0.1, -0.05) is 12.1 Å². The first kappa shape index (κ1) is 16.1. The summed E-state index contributed by atoms with van der Waals surface area (Å²) in [6.07, 6.45) is 2.15. The molecule has 0 spiro atoms. The van der Waals surface area contributed by atoms with Crippen LogP contribution in [0.25, 0.3) is 0 Å². The minimum atomic E-state index is -0.316. The van der Waals surface area contributed by atoms with Crippen LogP contribution in [-0.2, 0) is 14.3 Å². The molecule has 0 N–H and O–H groups in total. The van der Waals surface area contributed by atoms with Crippen LogP contribution in [0.2, 0.25) is 0 Å². The van der Waals surface area contributed by atoms with Crippen molar-refractivity contribution in [2.75, 3.05) is 27.4 Å². The van der Waals surface area contributed by atoms with E-state index in [-0.39, 0.29) is 30.9 Å². The van der Waals surface area contributed by atoms with E-state index in [1.54, 1.807) is 24.1 Å². The molecule has 0 bridgehead atoms. The Kier molecular flexibility index (Phi) is 5.63. The molecule has 0 unspecified atom stereocenters. The summed E-state index contributed by atoms with van der Waals surface area (Å²) in [6, 6.07) is 7.40. The lowest BCUT2D eigenvalue weighted by Gasteiger charge is -2.22. The van der Waals surface area contributed by atoms with Crippen LogP contribution in [-0.4, -0.2) is 50.2 Å². The van der Waals surface area contributed by atoms with Gasteiger partial charge in [0.25, 0.3) is 5.91 Å². The lowest BCUT2D eigenvalue weighted by atomic mass is 10.3. The molecule has 6 heteroatoms. The number of hydrogen-bond acceptors (Lipinski definition) is 5. The first-order valence-corrected chi connectivity index (χ1v) is 7.27. The quantitative estimate of drug-likeness (QED) is 0.683. The van der Waals surface area contributed by atoms with Gasteiger partial charge in [-0.05, 0) is 25.0 Å². The van der Waals surface area contributed by atoms with Gasteiger partial charge in [-0.2, -0.15) is 0 Å². The molecule has 0 heterocycles. The maximum atomic E-state index is 12.3. The molecule has 1 aliphatic rings. The van der Waals surface area contributed by atoms with Gasteiger partial charge in [0.15, 0.2) is 18.1 Å². The molecule has 120 valence electrons. The van der Waals surface area contributed by atoms with Crippen LogP contribution in [0, 0.1) is 0 Å². The Bertz CT molecular complexity index is 527. The first-order chi connectivity index (χ1) is 10.7. The van der Waals surface area contributed by atoms with E-state index >= 15 is 0 Å². The summed E-state index contributed by atoms with van der Waals surface area (Å²) in [5.41, 5.74) is 0. The number of carbonyl (C=O) groups is 2. The molecule has 0 atom stereocenters. The zero-order chi connectivity index (χ0) is 15.9. The largest absolute Gasteiger partial charge is 0.493 e. The smallest absolute Gasteiger partial charge is 0.307 e. The van der Waals surface area contributed by atoms with E-state index in [0.717, 1.165) is 12.8 Å². The zero-order valence-corrected chi connectivity index (χ0v) is 12.9. The fraction of sp³-hybridized carbons (Fsp3) is 0.500. The van der Waals surface area contributed by atoms with E-state index in [0.29, 0.717) is 18.0 Å². The topological polar surface area (TPSA) is 65.1 Å². The lowest BCUT2D eigenvalue weighted by Crippen LogP contribution is -2.38. The maximum absolute atomic E-state index is 12.3. The predicted molar refractivity (Wildman–Crippen MR) is 79.9 cm³/mol. The third-order valence-corrected chi connectivity index (χ3v) is 3.51. The van der Waals surface area contributed by atoms with Crippen molar-refractivity contribution in [2.24, 2.45) is 0 Å². The van der Waals surface area contributed by atoms with E-state index in [1.807, 2.05) is 12.1 Å². The minimum Gasteiger partial charge on any atom is -0.493 e. The van der Waals surface area contributed by atoms with Crippen LogP contribution in [0.3, 0.4) is 0 Å². The molecule has 0 aliphatic heterocycles. The normalized spacial score (nSPS) is 13.4. The second-order valence-corrected chi connectivity index (χ2v) is 5.08. The number of rotatable bonds is 8. The van der Waals surface area contributed by atoms with E-state index in [2.05, 4.69) is 4.74 Å². The highest BCUT2D eigenvalue weighted by molar-refractivity contribution is 5.79. The Morgan fingerprint density at radius 1 is 1.18 bits per heavy atom. The summed E-state index contributed by atoms with van der Waals surface area (Å²) in [5.74, 6) is 0.673. The summed E-state index contributed by atoms with van der Waals surface area (Å²) in [7, 11) is 2.90. The molecule has 6 nitrogen and oxygen atoms in total. The minimum absolute atomic E-state index is 0.0714. The summed E-state index contributed by atoms with van der Waals surface area (Å²) in [6.45, 7) is 0.295. The Labute approximate surface area is 129 Å². The highest BCUT2D eigenvalue weighted by Gasteiger charge is 2.32. The number of benzene rings is 1. The molecule has 22 heavy (non-hydrogen) atoms.